The topological polar surface area (TPSA) is 84.0 Å². The normalized spacial score (nSPS) is 12.1. The van der Waals surface area contributed by atoms with Crippen molar-refractivity contribution in [2.75, 3.05) is 19.6 Å². The van der Waals surface area contributed by atoms with Gasteiger partial charge in [0.15, 0.2) is 11.2 Å². The number of hydrogen-bond donors (Lipinski definition) is 0. The van der Waals surface area contributed by atoms with Gasteiger partial charge in [-0.3, -0.25) is 0 Å². The smallest absolute Gasteiger partial charge is 0.159 e. The minimum atomic E-state index is 0.803. The summed E-state index contributed by atoms with van der Waals surface area (Å²) in [5.74, 6) is 3.30. The Morgan fingerprint density at radius 2 is 0.507 bits per heavy atom. The minimum absolute atomic E-state index is 0.803. The first-order chi connectivity index (χ1) is 69.0. The standard InChI is InChI=1S/C68H44N2O3.C62H40N2O3/c1-41-28-31-48-53(34-41)54-39-58-51-32-29-46(69(44-18-7-4-8-19-44)60-25-15-23-52-49-21-10-14-27-63(49)73-68(52)60)38-65(51)72-66-36-42(2)35-57(67(58)66)55(54)40-61(48)70(59-24-12-9-20-47(59)43-16-5-3-6-17-43)45-30-33-64-56(37-45)50-22-11-13-26-62(50)71-64;1-37-24-27-43-49(30-37)50-35-53-47-29-26-41(63(39-14-5-3-6-15-39)54-21-13-20-48-45-19-10-12-23-57(45)67-62(48)54)33-59(47)66-60-32-38(2)31-52(61(53)60)51(50)36-55(43)64(40-16-7-4-8-17-40)42-25-28-46-44-18-9-11-22-56(44)65-58(46)34-42/h3-40H,1-2H3;3-36H,1-2H3. The van der Waals surface area contributed by atoms with Gasteiger partial charge in [0, 0.05) is 128 Å². The van der Waals surface area contributed by atoms with Crippen LogP contribution in [0.5, 0.6) is 23.0 Å². The summed E-state index contributed by atoms with van der Waals surface area (Å²) in [6.07, 6.45) is 0. The van der Waals surface area contributed by atoms with Crippen LogP contribution in [0.2, 0.25) is 0 Å². The van der Waals surface area contributed by atoms with Crippen molar-refractivity contribution in [3.8, 4) is 56.4 Å². The number of anilines is 12. The van der Waals surface area contributed by atoms with Crippen molar-refractivity contribution in [3.63, 3.8) is 0 Å². The Morgan fingerprint density at radius 3 is 1.02 bits per heavy atom. The summed E-state index contributed by atoms with van der Waals surface area (Å²) >= 11 is 0. The summed E-state index contributed by atoms with van der Waals surface area (Å²) in [5, 5.41) is 22.7. The largest absolute Gasteiger partial charge is 0.456 e. The summed E-state index contributed by atoms with van der Waals surface area (Å²) in [6, 6.07) is 156. The number of aryl methyl sites for hydroxylation is 4. The number of benzene rings is 23. The van der Waals surface area contributed by atoms with Gasteiger partial charge in [-0.2, -0.15) is 0 Å². The van der Waals surface area contributed by atoms with Crippen LogP contribution in [0.25, 0.3) is 186 Å². The number of para-hydroxylation sites is 10. The fourth-order valence-electron chi connectivity index (χ4n) is 22.3. The number of ether oxygens (including phenoxy) is 2. The summed E-state index contributed by atoms with van der Waals surface area (Å²) in [4.78, 5) is 9.39. The molecule has 0 N–H and O–H groups in total. The molecule has 0 atom stereocenters. The third-order valence-corrected chi connectivity index (χ3v) is 28.5. The molecular weight excluding hydrogens is 1710 g/mol. The molecule has 6 heterocycles. The van der Waals surface area contributed by atoms with E-state index in [2.05, 4.69) is 436 Å². The fourth-order valence-corrected chi connectivity index (χ4v) is 22.3. The van der Waals surface area contributed by atoms with Crippen LogP contribution < -0.4 is 29.1 Å². The third kappa shape index (κ3) is 12.8. The third-order valence-electron chi connectivity index (χ3n) is 28.5. The average molecular weight is 1800 g/mol. The Labute approximate surface area is 805 Å². The van der Waals surface area contributed by atoms with Gasteiger partial charge in [-0.25, -0.2) is 0 Å². The van der Waals surface area contributed by atoms with Crippen LogP contribution in [0.15, 0.2) is 454 Å². The van der Waals surface area contributed by atoms with E-state index < -0.39 is 0 Å². The molecular formula is C130H84N4O6. The van der Waals surface area contributed by atoms with Gasteiger partial charge in [0.05, 0.1) is 39.8 Å². The first-order valence-electron chi connectivity index (χ1n) is 47.7. The van der Waals surface area contributed by atoms with Gasteiger partial charge in [-0.15, -0.1) is 0 Å². The molecule has 660 valence electrons. The molecule has 27 aromatic rings. The number of furan rings is 4. The van der Waals surface area contributed by atoms with Crippen molar-refractivity contribution < 1.29 is 27.1 Å². The molecule has 0 fully saturated rings. The molecule has 0 amide bonds. The summed E-state index contributed by atoms with van der Waals surface area (Å²) in [7, 11) is 0. The van der Waals surface area contributed by atoms with Crippen molar-refractivity contribution in [2.24, 2.45) is 0 Å². The van der Waals surface area contributed by atoms with Crippen molar-refractivity contribution in [1.82, 2.24) is 0 Å². The Morgan fingerprint density at radius 1 is 0.157 bits per heavy atom. The monoisotopic (exact) mass is 1800 g/mol. The van der Waals surface area contributed by atoms with Crippen LogP contribution >= 0.6 is 0 Å². The number of fused-ring (bicyclic) bond motifs is 24. The molecule has 10 nitrogen and oxygen atoms in total. The zero-order chi connectivity index (χ0) is 92.6. The maximum Gasteiger partial charge on any atom is 0.159 e. The molecule has 29 rings (SSSR count). The van der Waals surface area contributed by atoms with Crippen LogP contribution in [-0.2, 0) is 0 Å². The SMILES string of the molecule is Cc1ccc2c(N(c3ccc4oc5ccccc5c4c3)c3ccccc3-c3ccccc3)cc3c4cc(C)cc5c4c(cc3c2c1)-c1ccc(N(c2ccccc2)c2cccc3c2oc2ccccc23)cc1O5.Cc1ccc2c(N(c3ccccc3)c3ccc4c(c3)oc3ccccc34)cc3c4cc(C)cc5c4c(cc3c2c1)-c1ccc(N(c2ccccc2)c2cccc3c2oc2ccccc23)cc1O5. The lowest BCUT2D eigenvalue weighted by Gasteiger charge is -2.31. The zero-order valence-corrected chi connectivity index (χ0v) is 76.8. The molecule has 0 saturated carbocycles. The van der Waals surface area contributed by atoms with Gasteiger partial charge < -0.3 is 46.7 Å². The molecule has 23 aromatic carbocycles. The first kappa shape index (κ1) is 80.1. The van der Waals surface area contributed by atoms with Gasteiger partial charge in [0.1, 0.15) is 56.5 Å². The molecule has 140 heavy (non-hydrogen) atoms. The molecule has 0 bridgehead atoms. The van der Waals surface area contributed by atoms with E-state index in [1.54, 1.807) is 0 Å². The number of rotatable bonds is 13. The first-order valence-corrected chi connectivity index (χ1v) is 47.7. The summed E-state index contributed by atoms with van der Waals surface area (Å²) in [6.45, 7) is 8.72. The van der Waals surface area contributed by atoms with Crippen molar-refractivity contribution in [1.29, 1.82) is 0 Å². The van der Waals surface area contributed by atoms with Gasteiger partial charge in [0.25, 0.3) is 0 Å². The Bertz CT molecular complexity index is 9870. The molecule has 4 aromatic heterocycles. The molecule has 2 aliphatic rings. The van der Waals surface area contributed by atoms with E-state index in [1.165, 1.54) is 38.1 Å². The summed E-state index contributed by atoms with van der Waals surface area (Å²) in [5.41, 5.74) is 30.5. The lowest BCUT2D eigenvalue weighted by Crippen LogP contribution is -2.12. The highest BCUT2D eigenvalue weighted by atomic mass is 16.5. The molecule has 10 heteroatoms. The molecule has 0 aliphatic carbocycles. The van der Waals surface area contributed by atoms with E-state index in [9.17, 15) is 0 Å². The van der Waals surface area contributed by atoms with E-state index in [0.29, 0.717) is 0 Å². The predicted molar refractivity (Wildman–Crippen MR) is 581 cm³/mol. The van der Waals surface area contributed by atoms with E-state index in [1.807, 2.05) is 48.5 Å². The van der Waals surface area contributed by atoms with Crippen LogP contribution in [0.3, 0.4) is 0 Å². The second-order valence-electron chi connectivity index (χ2n) is 37.2. The van der Waals surface area contributed by atoms with Crippen molar-refractivity contribution in [3.05, 3.63) is 459 Å². The lowest BCUT2D eigenvalue weighted by molar-refractivity contribution is 0.486. The van der Waals surface area contributed by atoms with Crippen molar-refractivity contribution >= 4 is 221 Å². The second-order valence-corrected chi connectivity index (χ2v) is 37.2. The van der Waals surface area contributed by atoms with E-state index in [4.69, 9.17) is 27.1 Å². The Kier molecular flexibility index (Phi) is 18.1. The van der Waals surface area contributed by atoms with Gasteiger partial charge >= 0.3 is 0 Å². The average Bonchev–Trinajstić information content (AvgIpc) is 0.893. The van der Waals surface area contributed by atoms with Gasteiger partial charge in [-0.1, -0.05) is 260 Å². The van der Waals surface area contributed by atoms with Crippen LogP contribution in [0.4, 0.5) is 68.2 Å². The molecule has 0 radical (unpaired) electrons. The molecule has 0 unspecified atom stereocenters. The highest BCUT2D eigenvalue weighted by Crippen LogP contribution is 2.59. The minimum Gasteiger partial charge on any atom is -0.456 e. The highest BCUT2D eigenvalue weighted by Gasteiger charge is 2.33. The highest BCUT2D eigenvalue weighted by molar-refractivity contribution is 6.29. The molecule has 2 aliphatic heterocycles. The van der Waals surface area contributed by atoms with Gasteiger partial charge in [0.2, 0.25) is 0 Å². The Balaban J connectivity index is 0.000000138. The molecule has 0 spiro atoms. The van der Waals surface area contributed by atoms with Crippen LogP contribution in [0.1, 0.15) is 22.3 Å². The molecule has 0 saturated heterocycles. The van der Waals surface area contributed by atoms with E-state index in [-0.39, 0.29) is 0 Å². The maximum atomic E-state index is 7.16. The zero-order valence-electron chi connectivity index (χ0n) is 76.8. The van der Waals surface area contributed by atoms with E-state index >= 15 is 0 Å². The number of hydrogen-bond acceptors (Lipinski definition) is 10. The Hall–Kier alpha value is -18.4. The summed E-state index contributed by atoms with van der Waals surface area (Å²) < 4.78 is 40.4. The second kappa shape index (κ2) is 31.6. The van der Waals surface area contributed by atoms with Crippen molar-refractivity contribution in [2.45, 2.75) is 27.7 Å². The predicted octanol–water partition coefficient (Wildman–Crippen LogP) is 38.2. The van der Waals surface area contributed by atoms with Crippen LogP contribution in [0, 0.1) is 27.7 Å². The van der Waals surface area contributed by atoms with Crippen LogP contribution in [-0.4, -0.2) is 0 Å². The fraction of sp³-hybridized carbons (Fsp3) is 0.0308. The quantitative estimate of drug-likeness (QED) is 0.104. The van der Waals surface area contributed by atoms with E-state index in [0.717, 1.165) is 261 Å². The maximum absolute atomic E-state index is 7.16. The number of nitrogens with zero attached hydrogens (tertiary/aromatic N) is 4. The lowest BCUT2D eigenvalue weighted by atomic mass is 9.87. The van der Waals surface area contributed by atoms with Gasteiger partial charge in [-0.05, 0) is 268 Å².